The second-order valence-electron chi connectivity index (χ2n) is 5.64. The molecular formula is C20H17N3O5. The summed E-state index contributed by atoms with van der Waals surface area (Å²) < 4.78 is 6.10. The first-order valence-electron chi connectivity index (χ1n) is 8.42. The fourth-order valence-corrected chi connectivity index (χ4v) is 2.48. The molecule has 28 heavy (non-hydrogen) atoms. The molecule has 0 atom stereocenters. The third kappa shape index (κ3) is 3.75. The molecule has 0 aliphatic carbocycles. The van der Waals surface area contributed by atoms with Crippen LogP contribution >= 0.6 is 0 Å². The number of aliphatic hydroxyl groups excluding tert-OH is 1. The van der Waals surface area contributed by atoms with Gasteiger partial charge in [-0.25, -0.2) is 14.8 Å². The first-order valence-corrected chi connectivity index (χ1v) is 8.42. The smallest absolute Gasteiger partial charge is 0.343 e. The minimum Gasteiger partial charge on any atom is -0.506 e. The van der Waals surface area contributed by atoms with Crippen LogP contribution in [0.4, 0.5) is 5.69 Å². The van der Waals surface area contributed by atoms with Crippen molar-refractivity contribution >= 4 is 29.3 Å². The number of aromatic hydroxyl groups is 1. The van der Waals surface area contributed by atoms with E-state index in [1.165, 1.54) is 24.5 Å². The fourth-order valence-electron chi connectivity index (χ4n) is 2.48. The zero-order valence-corrected chi connectivity index (χ0v) is 14.9. The number of hydrogen-bond donors (Lipinski definition) is 2. The molecule has 2 aromatic heterocycles. The van der Waals surface area contributed by atoms with E-state index < -0.39 is 11.5 Å². The van der Waals surface area contributed by atoms with Crippen molar-refractivity contribution in [3.05, 3.63) is 76.3 Å². The van der Waals surface area contributed by atoms with Crippen molar-refractivity contribution in [2.45, 2.75) is 6.92 Å². The Hall–Kier alpha value is -3.94. The van der Waals surface area contributed by atoms with Crippen LogP contribution < -0.4 is 5.56 Å². The summed E-state index contributed by atoms with van der Waals surface area (Å²) in [6.07, 6.45) is 3.68. The van der Waals surface area contributed by atoms with Gasteiger partial charge in [-0.1, -0.05) is 30.3 Å². The lowest BCUT2D eigenvalue weighted by atomic mass is 10.1. The van der Waals surface area contributed by atoms with Gasteiger partial charge < -0.3 is 14.9 Å². The molecule has 8 heteroatoms. The summed E-state index contributed by atoms with van der Waals surface area (Å²) in [5, 5.41) is 20.3. The van der Waals surface area contributed by atoms with Gasteiger partial charge in [-0.3, -0.25) is 9.20 Å². The zero-order valence-electron chi connectivity index (χ0n) is 14.9. The minimum atomic E-state index is -0.779. The highest BCUT2D eigenvalue weighted by Crippen LogP contribution is 2.18. The maximum Gasteiger partial charge on any atom is 0.343 e. The molecule has 0 bridgehead atoms. The Morgan fingerprint density at radius 2 is 2.00 bits per heavy atom. The van der Waals surface area contributed by atoms with E-state index in [1.54, 1.807) is 37.3 Å². The van der Waals surface area contributed by atoms with E-state index in [2.05, 4.69) is 9.98 Å². The van der Waals surface area contributed by atoms with Crippen LogP contribution in [0.2, 0.25) is 0 Å². The Morgan fingerprint density at radius 1 is 1.25 bits per heavy atom. The molecule has 0 fully saturated rings. The Bertz CT molecular complexity index is 1130. The van der Waals surface area contributed by atoms with Gasteiger partial charge in [0.05, 0.1) is 12.8 Å². The summed E-state index contributed by atoms with van der Waals surface area (Å²) in [5.74, 6) is -1.25. The standard InChI is InChI=1S/C20H17N3O5/c1-2-28-20(27)14(17(25)13-7-4-3-5-8-13)11-21-15-12-22-18-16(24)9-6-10-23(18)19(15)26/h3-12,24-25H,2H2,1H3/b17-14+,21-11?. The van der Waals surface area contributed by atoms with E-state index in [-0.39, 0.29) is 35.0 Å². The van der Waals surface area contributed by atoms with Gasteiger partial charge in [0, 0.05) is 18.0 Å². The van der Waals surface area contributed by atoms with Gasteiger partial charge >= 0.3 is 5.97 Å². The number of rotatable bonds is 5. The van der Waals surface area contributed by atoms with E-state index in [1.807, 2.05) is 0 Å². The van der Waals surface area contributed by atoms with Crippen molar-refractivity contribution in [1.82, 2.24) is 9.38 Å². The van der Waals surface area contributed by atoms with Crippen LogP contribution in [0.3, 0.4) is 0 Å². The predicted molar refractivity (Wildman–Crippen MR) is 104 cm³/mol. The van der Waals surface area contributed by atoms with Crippen LogP contribution in [0.25, 0.3) is 11.4 Å². The third-order valence-electron chi connectivity index (χ3n) is 3.82. The second kappa shape index (κ2) is 8.17. The molecule has 0 aliphatic heterocycles. The highest BCUT2D eigenvalue weighted by molar-refractivity contribution is 6.15. The van der Waals surface area contributed by atoms with E-state index in [0.29, 0.717) is 5.56 Å². The summed E-state index contributed by atoms with van der Waals surface area (Å²) in [7, 11) is 0. The van der Waals surface area contributed by atoms with Crippen LogP contribution in [0, 0.1) is 0 Å². The Kier molecular flexibility index (Phi) is 5.50. The fraction of sp³-hybridized carbons (Fsp3) is 0.100. The van der Waals surface area contributed by atoms with Gasteiger partial charge in [0.1, 0.15) is 17.0 Å². The van der Waals surface area contributed by atoms with Crippen LogP contribution in [0.1, 0.15) is 12.5 Å². The highest BCUT2D eigenvalue weighted by atomic mass is 16.5. The first kappa shape index (κ1) is 18.8. The number of fused-ring (bicyclic) bond motifs is 1. The van der Waals surface area contributed by atoms with Gasteiger partial charge in [-0.05, 0) is 19.1 Å². The molecule has 8 nitrogen and oxygen atoms in total. The number of aliphatic imine (C=N–C) groups is 1. The van der Waals surface area contributed by atoms with Gasteiger partial charge in [0.15, 0.2) is 11.4 Å². The summed E-state index contributed by atoms with van der Waals surface area (Å²) in [5.41, 5.74) is -0.339. The molecule has 142 valence electrons. The quantitative estimate of drug-likeness (QED) is 0.305. The second-order valence-corrected chi connectivity index (χ2v) is 5.64. The summed E-state index contributed by atoms with van der Waals surface area (Å²) in [6, 6.07) is 11.3. The Labute approximate surface area is 159 Å². The van der Waals surface area contributed by atoms with E-state index >= 15 is 0 Å². The monoisotopic (exact) mass is 379 g/mol. The number of aromatic nitrogens is 2. The molecule has 0 saturated carbocycles. The molecule has 0 radical (unpaired) electrons. The van der Waals surface area contributed by atoms with E-state index in [0.717, 1.165) is 10.6 Å². The number of carbonyl (C=O) groups excluding carboxylic acids is 1. The highest BCUT2D eigenvalue weighted by Gasteiger charge is 2.16. The zero-order chi connectivity index (χ0) is 20.1. The number of hydrogen-bond acceptors (Lipinski definition) is 7. The Morgan fingerprint density at radius 3 is 2.71 bits per heavy atom. The number of pyridine rings is 1. The molecule has 0 amide bonds. The molecule has 2 N–H and O–H groups in total. The summed E-state index contributed by atoms with van der Waals surface area (Å²) >= 11 is 0. The number of esters is 1. The van der Waals surface area contributed by atoms with Crippen LogP contribution in [-0.2, 0) is 9.53 Å². The lowest BCUT2D eigenvalue weighted by molar-refractivity contribution is -0.137. The van der Waals surface area contributed by atoms with E-state index in [4.69, 9.17) is 4.74 Å². The molecule has 2 heterocycles. The van der Waals surface area contributed by atoms with Crippen molar-refractivity contribution in [2.75, 3.05) is 6.61 Å². The van der Waals surface area contributed by atoms with Crippen molar-refractivity contribution in [3.8, 4) is 5.75 Å². The number of carbonyl (C=O) groups is 1. The van der Waals surface area contributed by atoms with E-state index in [9.17, 15) is 19.8 Å². The first-order chi connectivity index (χ1) is 13.5. The minimum absolute atomic E-state index is 0.0780. The average molecular weight is 379 g/mol. The normalized spacial score (nSPS) is 12.2. The molecule has 0 spiro atoms. The van der Waals surface area contributed by atoms with Gasteiger partial charge in [-0.2, -0.15) is 0 Å². The van der Waals surface area contributed by atoms with Gasteiger partial charge in [-0.15, -0.1) is 0 Å². The molecule has 0 saturated heterocycles. The van der Waals surface area contributed by atoms with Crippen molar-refractivity contribution in [1.29, 1.82) is 0 Å². The SMILES string of the molecule is CCOC(=O)/C(C=Nc1cnc2c(O)cccn2c1=O)=C(/O)c1ccccc1. The van der Waals surface area contributed by atoms with Crippen molar-refractivity contribution in [2.24, 2.45) is 4.99 Å². The Balaban J connectivity index is 2.08. The topological polar surface area (TPSA) is 113 Å². The van der Waals surface area contributed by atoms with Crippen LogP contribution in [0.15, 0.2) is 70.2 Å². The molecule has 0 unspecified atom stereocenters. The van der Waals surface area contributed by atoms with Gasteiger partial charge in [0.25, 0.3) is 5.56 Å². The van der Waals surface area contributed by atoms with Gasteiger partial charge in [0.2, 0.25) is 0 Å². The largest absolute Gasteiger partial charge is 0.506 e. The number of ether oxygens (including phenoxy) is 1. The lowest BCUT2D eigenvalue weighted by Crippen LogP contribution is -2.15. The predicted octanol–water partition coefficient (Wildman–Crippen LogP) is 2.63. The summed E-state index contributed by atoms with van der Waals surface area (Å²) in [4.78, 5) is 32.8. The number of benzene rings is 1. The molecule has 3 aromatic rings. The molecule has 1 aromatic carbocycles. The number of aliphatic hydroxyl groups is 1. The van der Waals surface area contributed by atoms with Crippen LogP contribution in [0.5, 0.6) is 5.75 Å². The molecular weight excluding hydrogens is 362 g/mol. The lowest BCUT2D eigenvalue weighted by Gasteiger charge is -2.07. The number of nitrogens with zero attached hydrogens (tertiary/aromatic N) is 3. The summed E-state index contributed by atoms with van der Waals surface area (Å²) in [6.45, 7) is 1.75. The van der Waals surface area contributed by atoms with Crippen molar-refractivity contribution < 1.29 is 19.7 Å². The third-order valence-corrected chi connectivity index (χ3v) is 3.82. The average Bonchev–Trinajstić information content (AvgIpc) is 2.71. The molecule has 0 aliphatic rings. The maximum absolute atomic E-state index is 12.5. The van der Waals surface area contributed by atoms with Crippen LogP contribution in [-0.4, -0.2) is 38.4 Å². The van der Waals surface area contributed by atoms with Crippen molar-refractivity contribution in [3.63, 3.8) is 0 Å². The molecule has 3 rings (SSSR count). The maximum atomic E-state index is 12.5.